The molecule has 21 heavy (non-hydrogen) atoms. The molecule has 0 saturated heterocycles. The van der Waals surface area contributed by atoms with E-state index in [0.29, 0.717) is 11.3 Å². The Morgan fingerprint density at radius 2 is 1.52 bits per heavy atom. The van der Waals surface area contributed by atoms with Gasteiger partial charge in [0.25, 0.3) is 0 Å². The first-order valence-corrected chi connectivity index (χ1v) is 8.51. The Kier molecular flexibility index (Phi) is 4.80. The van der Waals surface area contributed by atoms with Crippen LogP contribution in [0.15, 0.2) is 53.4 Å². The van der Waals surface area contributed by atoms with Crippen LogP contribution in [0.25, 0.3) is 0 Å². The lowest BCUT2D eigenvalue weighted by molar-refractivity contribution is 0.559. The van der Waals surface area contributed by atoms with E-state index >= 15 is 0 Å². The summed E-state index contributed by atoms with van der Waals surface area (Å²) in [5, 5.41) is 0. The normalized spacial score (nSPS) is 13.1. The van der Waals surface area contributed by atoms with E-state index in [1.807, 2.05) is 44.2 Å². The van der Waals surface area contributed by atoms with E-state index in [1.54, 1.807) is 25.1 Å². The molecule has 0 amide bonds. The van der Waals surface area contributed by atoms with Gasteiger partial charge in [0.1, 0.15) is 0 Å². The van der Waals surface area contributed by atoms with E-state index in [0.717, 1.165) is 11.1 Å². The lowest BCUT2D eigenvalue weighted by Gasteiger charge is -2.16. The van der Waals surface area contributed by atoms with Crippen LogP contribution >= 0.6 is 0 Å². The molecule has 0 spiro atoms. The Labute approximate surface area is 127 Å². The van der Waals surface area contributed by atoms with Gasteiger partial charge >= 0.3 is 0 Å². The third-order valence-corrected chi connectivity index (χ3v) is 5.28. The van der Waals surface area contributed by atoms with E-state index in [-0.39, 0.29) is 6.04 Å². The van der Waals surface area contributed by atoms with Gasteiger partial charge in [-0.15, -0.1) is 0 Å². The zero-order valence-corrected chi connectivity index (χ0v) is 13.4. The Morgan fingerprint density at radius 3 is 2.14 bits per heavy atom. The van der Waals surface area contributed by atoms with Gasteiger partial charge in [0.05, 0.1) is 4.90 Å². The fourth-order valence-corrected chi connectivity index (χ4v) is 3.89. The summed E-state index contributed by atoms with van der Waals surface area (Å²) < 4.78 is 27.6. The minimum atomic E-state index is -3.47. The molecule has 0 aliphatic carbocycles. The average molecular weight is 303 g/mol. The second-order valence-corrected chi connectivity index (χ2v) is 7.10. The average Bonchev–Trinajstić information content (AvgIpc) is 2.41. The topological polar surface area (TPSA) is 46.2 Å². The lowest BCUT2D eigenvalue weighted by atomic mass is 10.0. The first-order chi connectivity index (χ1) is 9.90. The minimum absolute atomic E-state index is 0.157. The van der Waals surface area contributed by atoms with Crippen LogP contribution in [0.2, 0.25) is 0 Å². The molecule has 0 aromatic heterocycles. The summed E-state index contributed by atoms with van der Waals surface area (Å²) in [6.45, 7) is 5.74. The van der Waals surface area contributed by atoms with Crippen molar-refractivity contribution in [1.29, 1.82) is 0 Å². The third-order valence-electron chi connectivity index (χ3n) is 3.53. The first kappa shape index (κ1) is 15.7. The van der Waals surface area contributed by atoms with Crippen molar-refractivity contribution in [3.63, 3.8) is 0 Å². The van der Waals surface area contributed by atoms with Crippen molar-refractivity contribution in [2.75, 3.05) is 0 Å². The number of sulfonamides is 1. The Morgan fingerprint density at radius 1 is 0.952 bits per heavy atom. The summed E-state index contributed by atoms with van der Waals surface area (Å²) in [7, 11) is -3.47. The third kappa shape index (κ3) is 3.93. The Hall–Kier alpha value is -1.65. The van der Waals surface area contributed by atoms with Crippen molar-refractivity contribution < 1.29 is 8.42 Å². The molecule has 112 valence electrons. The minimum Gasteiger partial charge on any atom is -0.208 e. The molecular formula is C17H21NO2S. The molecule has 1 atom stereocenters. The maximum atomic E-state index is 12.4. The van der Waals surface area contributed by atoms with Crippen molar-refractivity contribution >= 4 is 10.0 Å². The van der Waals surface area contributed by atoms with Crippen LogP contribution in [0.3, 0.4) is 0 Å². The molecule has 0 aliphatic rings. The molecule has 2 rings (SSSR count). The smallest absolute Gasteiger partial charge is 0.208 e. The maximum Gasteiger partial charge on any atom is 0.241 e. The quantitative estimate of drug-likeness (QED) is 0.922. The van der Waals surface area contributed by atoms with Crippen LogP contribution < -0.4 is 4.72 Å². The Balaban J connectivity index is 2.14. The molecule has 2 aromatic rings. The number of benzene rings is 2. The predicted octanol–water partition coefficient (Wildman–Crippen LogP) is 3.21. The number of hydrogen-bond acceptors (Lipinski definition) is 2. The molecule has 0 bridgehead atoms. The van der Waals surface area contributed by atoms with Crippen molar-refractivity contribution in [3.8, 4) is 0 Å². The standard InChI is InChI=1S/C17H21NO2S/c1-13-8-4-6-10-16(13)12-15(3)18-21(19,20)17-11-7-5-9-14(17)2/h4-11,15,18H,12H2,1-3H3. The van der Waals surface area contributed by atoms with Crippen LogP contribution in [0, 0.1) is 13.8 Å². The lowest BCUT2D eigenvalue weighted by Crippen LogP contribution is -2.34. The van der Waals surface area contributed by atoms with E-state index < -0.39 is 10.0 Å². The summed E-state index contributed by atoms with van der Waals surface area (Å²) in [6.07, 6.45) is 0.678. The first-order valence-electron chi connectivity index (χ1n) is 7.02. The molecule has 0 heterocycles. The molecule has 0 radical (unpaired) electrons. The van der Waals surface area contributed by atoms with Gasteiger partial charge in [0.2, 0.25) is 10.0 Å². The molecule has 0 fully saturated rings. The van der Waals surface area contributed by atoms with Gasteiger partial charge in [-0.25, -0.2) is 13.1 Å². The summed E-state index contributed by atoms with van der Waals surface area (Å²) in [4.78, 5) is 0.349. The molecule has 0 aliphatic heterocycles. The molecular weight excluding hydrogens is 282 g/mol. The number of hydrogen-bond donors (Lipinski definition) is 1. The molecule has 2 aromatic carbocycles. The van der Waals surface area contributed by atoms with E-state index in [9.17, 15) is 8.42 Å². The van der Waals surface area contributed by atoms with Crippen LogP contribution in [-0.2, 0) is 16.4 Å². The monoisotopic (exact) mass is 303 g/mol. The largest absolute Gasteiger partial charge is 0.241 e. The van der Waals surface area contributed by atoms with Crippen molar-refractivity contribution in [2.45, 2.75) is 38.1 Å². The van der Waals surface area contributed by atoms with Gasteiger partial charge in [0.15, 0.2) is 0 Å². The van der Waals surface area contributed by atoms with Crippen LogP contribution in [0.5, 0.6) is 0 Å². The van der Waals surface area contributed by atoms with E-state index in [2.05, 4.69) is 4.72 Å². The molecule has 1 N–H and O–H groups in total. The highest BCUT2D eigenvalue weighted by molar-refractivity contribution is 7.89. The number of rotatable bonds is 5. The van der Waals surface area contributed by atoms with E-state index in [1.165, 1.54) is 5.56 Å². The molecule has 3 nitrogen and oxygen atoms in total. The number of aryl methyl sites for hydroxylation is 2. The highest BCUT2D eigenvalue weighted by Gasteiger charge is 2.19. The van der Waals surface area contributed by atoms with Gasteiger partial charge in [-0.3, -0.25) is 0 Å². The molecule has 0 saturated carbocycles. The van der Waals surface area contributed by atoms with E-state index in [4.69, 9.17) is 0 Å². The number of nitrogens with one attached hydrogen (secondary N) is 1. The highest BCUT2D eigenvalue weighted by Crippen LogP contribution is 2.16. The zero-order chi connectivity index (χ0) is 15.5. The SMILES string of the molecule is Cc1ccccc1CC(C)NS(=O)(=O)c1ccccc1C. The summed E-state index contributed by atoms with van der Waals surface area (Å²) >= 11 is 0. The predicted molar refractivity (Wildman–Crippen MR) is 85.8 cm³/mol. The summed E-state index contributed by atoms with van der Waals surface area (Å²) in [5.41, 5.74) is 3.10. The fraction of sp³-hybridized carbons (Fsp3) is 0.294. The maximum absolute atomic E-state index is 12.4. The van der Waals surface area contributed by atoms with Gasteiger partial charge < -0.3 is 0 Å². The van der Waals surface area contributed by atoms with Gasteiger partial charge in [0, 0.05) is 6.04 Å². The van der Waals surface area contributed by atoms with Crippen LogP contribution in [-0.4, -0.2) is 14.5 Å². The second kappa shape index (κ2) is 6.41. The van der Waals surface area contributed by atoms with Gasteiger partial charge in [-0.1, -0.05) is 42.5 Å². The Bertz CT molecular complexity index is 723. The zero-order valence-electron chi connectivity index (χ0n) is 12.6. The summed E-state index contributed by atoms with van der Waals surface area (Å²) in [5.74, 6) is 0. The van der Waals surface area contributed by atoms with Crippen molar-refractivity contribution in [2.24, 2.45) is 0 Å². The molecule has 4 heteroatoms. The van der Waals surface area contributed by atoms with Crippen LogP contribution in [0.4, 0.5) is 0 Å². The highest BCUT2D eigenvalue weighted by atomic mass is 32.2. The molecule has 1 unspecified atom stereocenters. The second-order valence-electron chi connectivity index (χ2n) is 5.42. The van der Waals surface area contributed by atoms with Crippen LogP contribution in [0.1, 0.15) is 23.6 Å². The van der Waals surface area contributed by atoms with Gasteiger partial charge in [-0.05, 0) is 49.9 Å². The summed E-state index contributed by atoms with van der Waals surface area (Å²) in [6, 6.07) is 14.9. The van der Waals surface area contributed by atoms with Crippen molar-refractivity contribution in [1.82, 2.24) is 4.72 Å². The van der Waals surface area contributed by atoms with Gasteiger partial charge in [-0.2, -0.15) is 0 Å². The van der Waals surface area contributed by atoms with Crippen molar-refractivity contribution in [3.05, 3.63) is 65.2 Å². The fourth-order valence-electron chi connectivity index (χ4n) is 2.40.